The molecule has 0 heterocycles. The summed E-state index contributed by atoms with van der Waals surface area (Å²) in [6, 6.07) is 54.1. The zero-order valence-corrected chi connectivity index (χ0v) is 25.7. The van der Waals surface area contributed by atoms with Gasteiger partial charge in [0.2, 0.25) is 0 Å². The van der Waals surface area contributed by atoms with E-state index in [4.69, 9.17) is 0 Å². The standard InChI is InChI=1S/C43H36N2/c1-44-34-20-23-37-38-24-21-35(45-2)28-40(38)42(39(37)27-34)43(32-14-8-4-9-15-32,33-16-10-5-11-17-33)41-25-19-31-26-30(18-22-36(31)41)29-12-6-3-7-13-29/h3-28,41-42,44-45H,1-2H3. The minimum Gasteiger partial charge on any atom is -0.388 e. The van der Waals surface area contributed by atoms with E-state index in [9.17, 15) is 0 Å². The van der Waals surface area contributed by atoms with Crippen molar-refractivity contribution >= 4 is 17.5 Å². The average molecular weight is 581 g/mol. The van der Waals surface area contributed by atoms with Gasteiger partial charge in [-0.05, 0) is 86.0 Å². The molecule has 6 aromatic rings. The molecule has 45 heavy (non-hydrogen) atoms. The van der Waals surface area contributed by atoms with Crippen LogP contribution in [0.25, 0.3) is 28.3 Å². The molecule has 0 aromatic heterocycles. The van der Waals surface area contributed by atoms with Crippen molar-refractivity contribution in [2.45, 2.75) is 17.3 Å². The fraction of sp³-hybridized carbons (Fsp3) is 0.116. The molecular formula is C43H36N2. The molecule has 1 unspecified atom stereocenters. The van der Waals surface area contributed by atoms with Crippen LogP contribution in [0.5, 0.6) is 0 Å². The van der Waals surface area contributed by atoms with Crippen molar-refractivity contribution in [2.24, 2.45) is 0 Å². The van der Waals surface area contributed by atoms with Crippen LogP contribution >= 0.6 is 0 Å². The van der Waals surface area contributed by atoms with Crippen LogP contribution in [0.4, 0.5) is 11.4 Å². The molecular weight excluding hydrogens is 544 g/mol. The van der Waals surface area contributed by atoms with Crippen molar-refractivity contribution in [2.75, 3.05) is 24.7 Å². The molecule has 2 aliphatic rings. The van der Waals surface area contributed by atoms with E-state index in [1.165, 1.54) is 55.6 Å². The summed E-state index contributed by atoms with van der Waals surface area (Å²) < 4.78 is 0. The summed E-state index contributed by atoms with van der Waals surface area (Å²) >= 11 is 0. The number of hydrogen-bond donors (Lipinski definition) is 2. The van der Waals surface area contributed by atoms with Crippen LogP contribution < -0.4 is 10.6 Å². The Morgan fingerprint density at radius 2 is 1.02 bits per heavy atom. The number of allylic oxidation sites excluding steroid dienone is 1. The molecule has 2 nitrogen and oxygen atoms in total. The molecule has 0 radical (unpaired) electrons. The van der Waals surface area contributed by atoms with Gasteiger partial charge in [-0.3, -0.25) is 0 Å². The number of hydrogen-bond acceptors (Lipinski definition) is 2. The maximum Gasteiger partial charge on any atom is 0.0415 e. The smallest absolute Gasteiger partial charge is 0.0415 e. The van der Waals surface area contributed by atoms with E-state index in [0.717, 1.165) is 11.4 Å². The fourth-order valence-corrected chi connectivity index (χ4v) is 8.04. The molecule has 0 saturated heterocycles. The molecule has 1 atom stereocenters. The van der Waals surface area contributed by atoms with Gasteiger partial charge in [-0.1, -0.05) is 127 Å². The largest absolute Gasteiger partial charge is 0.388 e. The maximum atomic E-state index is 3.44. The number of nitrogens with one attached hydrogen (secondary N) is 2. The Kier molecular flexibility index (Phi) is 6.64. The van der Waals surface area contributed by atoms with Gasteiger partial charge < -0.3 is 10.6 Å². The molecule has 0 bridgehead atoms. The van der Waals surface area contributed by atoms with Gasteiger partial charge in [-0.25, -0.2) is 0 Å². The lowest BCUT2D eigenvalue weighted by Gasteiger charge is -2.46. The van der Waals surface area contributed by atoms with Crippen LogP contribution in [0, 0.1) is 0 Å². The van der Waals surface area contributed by atoms with E-state index in [0.29, 0.717) is 0 Å². The second kappa shape index (κ2) is 11.0. The Morgan fingerprint density at radius 1 is 0.489 bits per heavy atom. The highest BCUT2D eigenvalue weighted by atomic mass is 14.8. The Hall–Kier alpha value is -5.34. The predicted octanol–water partition coefficient (Wildman–Crippen LogP) is 10.3. The molecule has 2 heteroatoms. The third kappa shape index (κ3) is 4.24. The molecule has 218 valence electrons. The molecule has 0 spiro atoms. The highest BCUT2D eigenvalue weighted by Crippen LogP contribution is 2.63. The summed E-state index contributed by atoms with van der Waals surface area (Å²) in [5.74, 6) is 0.158. The lowest BCUT2D eigenvalue weighted by molar-refractivity contribution is 0.417. The summed E-state index contributed by atoms with van der Waals surface area (Å²) in [6.07, 6.45) is 4.83. The first-order valence-electron chi connectivity index (χ1n) is 15.8. The van der Waals surface area contributed by atoms with Gasteiger partial charge >= 0.3 is 0 Å². The van der Waals surface area contributed by atoms with E-state index in [1.54, 1.807) is 0 Å². The van der Waals surface area contributed by atoms with Crippen molar-refractivity contribution in [3.05, 3.63) is 185 Å². The number of anilines is 2. The minimum absolute atomic E-state index is 0.0586. The summed E-state index contributed by atoms with van der Waals surface area (Å²) in [5.41, 5.74) is 15.0. The topological polar surface area (TPSA) is 24.1 Å². The van der Waals surface area contributed by atoms with Gasteiger partial charge in [0.25, 0.3) is 0 Å². The maximum absolute atomic E-state index is 3.44. The van der Waals surface area contributed by atoms with Crippen LogP contribution in [0.1, 0.15) is 45.2 Å². The fourth-order valence-electron chi connectivity index (χ4n) is 8.04. The van der Waals surface area contributed by atoms with E-state index >= 15 is 0 Å². The highest BCUT2D eigenvalue weighted by Gasteiger charge is 2.53. The van der Waals surface area contributed by atoms with E-state index in [-0.39, 0.29) is 11.8 Å². The Labute approximate surface area is 266 Å². The number of benzene rings is 6. The van der Waals surface area contributed by atoms with E-state index < -0.39 is 5.41 Å². The molecule has 8 rings (SSSR count). The van der Waals surface area contributed by atoms with Gasteiger partial charge in [0.05, 0.1) is 0 Å². The monoisotopic (exact) mass is 580 g/mol. The number of rotatable bonds is 7. The second-order valence-electron chi connectivity index (χ2n) is 12.2. The van der Waals surface area contributed by atoms with Crippen LogP contribution in [0.3, 0.4) is 0 Å². The summed E-state index contributed by atoms with van der Waals surface area (Å²) in [6.45, 7) is 0. The summed E-state index contributed by atoms with van der Waals surface area (Å²) in [7, 11) is 4.03. The molecule has 0 aliphatic heterocycles. The summed E-state index contributed by atoms with van der Waals surface area (Å²) in [5, 5.41) is 6.88. The SMILES string of the molecule is CNc1ccc2c(c1)C(C(c1ccccc1)(c1ccccc1)C1C=Cc3cc(-c4ccccc4)ccc31)c1cc(NC)ccc1-2. The second-order valence-corrected chi connectivity index (χ2v) is 12.2. The van der Waals surface area contributed by atoms with E-state index in [2.05, 4.69) is 168 Å². The van der Waals surface area contributed by atoms with Gasteiger partial charge in [-0.2, -0.15) is 0 Å². The lowest BCUT2D eigenvalue weighted by Crippen LogP contribution is -2.40. The molecule has 0 saturated carbocycles. The Morgan fingerprint density at radius 3 is 1.56 bits per heavy atom. The first-order valence-corrected chi connectivity index (χ1v) is 15.8. The highest BCUT2D eigenvalue weighted by molar-refractivity contribution is 5.85. The third-order valence-electron chi connectivity index (χ3n) is 10.0. The first-order chi connectivity index (χ1) is 22.2. The van der Waals surface area contributed by atoms with Crippen molar-refractivity contribution in [3.8, 4) is 22.3 Å². The Bertz CT molecular complexity index is 1930. The molecule has 2 N–H and O–H groups in total. The van der Waals surface area contributed by atoms with Crippen LogP contribution in [0.2, 0.25) is 0 Å². The van der Waals surface area contributed by atoms with Crippen LogP contribution in [-0.2, 0) is 5.41 Å². The van der Waals surface area contributed by atoms with Crippen molar-refractivity contribution < 1.29 is 0 Å². The van der Waals surface area contributed by atoms with Gasteiger partial charge in [0.1, 0.15) is 0 Å². The third-order valence-corrected chi connectivity index (χ3v) is 10.0. The van der Waals surface area contributed by atoms with Gasteiger partial charge in [0, 0.05) is 42.7 Å². The average Bonchev–Trinajstić information content (AvgIpc) is 3.69. The van der Waals surface area contributed by atoms with E-state index in [1.807, 2.05) is 14.1 Å². The zero-order chi connectivity index (χ0) is 30.4. The molecule has 0 fully saturated rings. The van der Waals surface area contributed by atoms with Crippen molar-refractivity contribution in [1.29, 1.82) is 0 Å². The van der Waals surface area contributed by atoms with Crippen molar-refractivity contribution in [1.82, 2.24) is 0 Å². The van der Waals surface area contributed by atoms with Crippen LogP contribution in [-0.4, -0.2) is 14.1 Å². The zero-order valence-electron chi connectivity index (χ0n) is 25.7. The van der Waals surface area contributed by atoms with Gasteiger partial charge in [-0.15, -0.1) is 0 Å². The minimum atomic E-state index is -0.433. The van der Waals surface area contributed by atoms with Crippen molar-refractivity contribution in [3.63, 3.8) is 0 Å². The quantitative estimate of drug-likeness (QED) is 0.196. The molecule has 0 amide bonds. The molecule has 2 aliphatic carbocycles. The normalized spacial score (nSPS) is 14.9. The van der Waals surface area contributed by atoms with Gasteiger partial charge in [0.15, 0.2) is 0 Å². The molecule has 6 aromatic carbocycles. The first kappa shape index (κ1) is 27.2. The van der Waals surface area contributed by atoms with Crippen LogP contribution in [0.15, 0.2) is 152 Å². The number of fused-ring (bicyclic) bond motifs is 4. The summed E-state index contributed by atoms with van der Waals surface area (Å²) in [4.78, 5) is 0. The lowest BCUT2D eigenvalue weighted by atomic mass is 9.55. The predicted molar refractivity (Wildman–Crippen MR) is 190 cm³/mol. The Balaban J connectivity index is 1.45.